The van der Waals surface area contributed by atoms with Crippen LogP contribution in [-0.4, -0.2) is 103 Å². The molecule has 214 valence electrons. The third kappa shape index (κ3) is 28.9. The van der Waals surface area contributed by atoms with Crippen LogP contribution in [0.25, 0.3) is 0 Å². The van der Waals surface area contributed by atoms with Crippen LogP contribution in [0, 0.1) is 0 Å². The Morgan fingerprint density at radius 3 is 1.33 bits per heavy atom. The smallest absolute Gasteiger partial charge is 0.308 e. The average Bonchev–Trinajstić information content (AvgIpc) is 2.81. The van der Waals surface area contributed by atoms with Crippen molar-refractivity contribution < 1.29 is 47.5 Å². The molecule has 0 unspecified atom stereocenters. The number of carbonyl (C=O) groups is 2. The van der Waals surface area contributed by atoms with Crippen LogP contribution in [0.2, 0.25) is 0 Å². The van der Waals surface area contributed by atoms with Gasteiger partial charge in [0.15, 0.2) is 0 Å². The molecule has 0 N–H and O–H groups in total. The first-order valence-electron chi connectivity index (χ1n) is 13.2. The molecule has 10 heteroatoms. The largest absolute Gasteiger partial charge is 0.463 e. The summed E-state index contributed by atoms with van der Waals surface area (Å²) in [5, 5.41) is 0. The van der Waals surface area contributed by atoms with E-state index in [1.54, 1.807) is 0 Å². The Bertz CT molecular complexity index is 507. The number of rotatable bonds is 26. The summed E-state index contributed by atoms with van der Waals surface area (Å²) < 4.78 is 42.7. The molecule has 0 heterocycles. The van der Waals surface area contributed by atoms with E-state index in [1.807, 2.05) is 20.8 Å². The molecule has 0 aliphatic heterocycles. The molecule has 0 atom stereocenters. The molecule has 0 spiro atoms. The van der Waals surface area contributed by atoms with E-state index in [0.29, 0.717) is 85.7 Å². The van der Waals surface area contributed by atoms with Gasteiger partial charge in [0, 0.05) is 6.42 Å². The van der Waals surface area contributed by atoms with Gasteiger partial charge in [0.1, 0.15) is 12.2 Å². The first-order chi connectivity index (χ1) is 17.3. The van der Waals surface area contributed by atoms with Crippen molar-refractivity contribution in [2.75, 3.05) is 85.9 Å². The molecule has 36 heavy (non-hydrogen) atoms. The standard InChI is InChI=1S/C26H50O10/c1-5-6-7-8-9-24(27)35-23-22-34-21-20-33-19-18-32-17-16-31-15-14-30-13-12-29-11-10-25(28)36-26(2,3)4/h5-23H2,1-4H3. The molecule has 0 aromatic heterocycles. The Hall–Kier alpha value is -1.30. The third-order valence-corrected chi connectivity index (χ3v) is 4.46. The summed E-state index contributed by atoms with van der Waals surface area (Å²) in [6.45, 7) is 13.3. The molecular formula is C26H50O10. The SMILES string of the molecule is CCCCCCC(=O)OCCOCCOCCOCCOCCOCCOCCC(=O)OC(C)(C)C. The Morgan fingerprint density at radius 1 is 0.500 bits per heavy atom. The highest BCUT2D eigenvalue weighted by atomic mass is 16.6. The molecule has 0 fully saturated rings. The van der Waals surface area contributed by atoms with Gasteiger partial charge in [0.2, 0.25) is 0 Å². The lowest BCUT2D eigenvalue weighted by Gasteiger charge is -2.19. The molecule has 0 radical (unpaired) electrons. The van der Waals surface area contributed by atoms with Crippen LogP contribution in [0.5, 0.6) is 0 Å². The summed E-state index contributed by atoms with van der Waals surface area (Å²) in [6.07, 6.45) is 4.99. The van der Waals surface area contributed by atoms with E-state index in [-0.39, 0.29) is 25.0 Å². The molecule has 0 aliphatic carbocycles. The fourth-order valence-electron chi connectivity index (χ4n) is 2.73. The van der Waals surface area contributed by atoms with Crippen molar-refractivity contribution in [1.82, 2.24) is 0 Å². The molecule has 0 aromatic rings. The highest BCUT2D eigenvalue weighted by Crippen LogP contribution is 2.08. The van der Waals surface area contributed by atoms with Crippen LogP contribution in [0.4, 0.5) is 0 Å². The van der Waals surface area contributed by atoms with Gasteiger partial charge in [-0.1, -0.05) is 26.2 Å². The Balaban J connectivity index is 3.17. The Labute approximate surface area is 217 Å². The zero-order valence-corrected chi connectivity index (χ0v) is 23.0. The maximum Gasteiger partial charge on any atom is 0.308 e. The highest BCUT2D eigenvalue weighted by Gasteiger charge is 2.15. The second-order valence-electron chi connectivity index (χ2n) is 9.04. The predicted octanol–water partition coefficient (Wildman–Crippen LogP) is 3.33. The first-order valence-corrected chi connectivity index (χ1v) is 13.2. The van der Waals surface area contributed by atoms with E-state index in [9.17, 15) is 9.59 Å². The van der Waals surface area contributed by atoms with Gasteiger partial charge in [0.05, 0.1) is 85.7 Å². The van der Waals surface area contributed by atoms with Gasteiger partial charge in [-0.3, -0.25) is 9.59 Å². The van der Waals surface area contributed by atoms with E-state index < -0.39 is 5.60 Å². The second-order valence-corrected chi connectivity index (χ2v) is 9.04. The van der Waals surface area contributed by atoms with Crippen molar-refractivity contribution in [2.24, 2.45) is 0 Å². The summed E-state index contributed by atoms with van der Waals surface area (Å²) >= 11 is 0. The van der Waals surface area contributed by atoms with E-state index >= 15 is 0 Å². The molecule has 0 amide bonds. The lowest BCUT2D eigenvalue weighted by molar-refractivity contribution is -0.156. The monoisotopic (exact) mass is 522 g/mol. The van der Waals surface area contributed by atoms with Gasteiger partial charge in [-0.05, 0) is 27.2 Å². The molecule has 0 saturated carbocycles. The van der Waals surface area contributed by atoms with Crippen molar-refractivity contribution in [1.29, 1.82) is 0 Å². The van der Waals surface area contributed by atoms with Gasteiger partial charge in [-0.2, -0.15) is 0 Å². The molecule has 0 bridgehead atoms. The lowest BCUT2D eigenvalue weighted by atomic mass is 10.2. The average molecular weight is 523 g/mol. The highest BCUT2D eigenvalue weighted by molar-refractivity contribution is 5.70. The van der Waals surface area contributed by atoms with E-state index in [0.717, 1.165) is 25.7 Å². The van der Waals surface area contributed by atoms with Crippen molar-refractivity contribution in [2.45, 2.75) is 71.8 Å². The fraction of sp³-hybridized carbons (Fsp3) is 0.923. The maximum absolute atomic E-state index is 11.5. The zero-order valence-electron chi connectivity index (χ0n) is 23.0. The minimum Gasteiger partial charge on any atom is -0.463 e. The van der Waals surface area contributed by atoms with Gasteiger partial charge >= 0.3 is 11.9 Å². The molecule has 10 nitrogen and oxygen atoms in total. The van der Waals surface area contributed by atoms with Crippen LogP contribution in [0.1, 0.15) is 66.2 Å². The van der Waals surface area contributed by atoms with Gasteiger partial charge in [-0.15, -0.1) is 0 Å². The topological polar surface area (TPSA) is 108 Å². The number of hydrogen-bond acceptors (Lipinski definition) is 10. The normalized spacial score (nSPS) is 11.6. The molecular weight excluding hydrogens is 472 g/mol. The number of hydrogen-bond donors (Lipinski definition) is 0. The number of esters is 2. The van der Waals surface area contributed by atoms with E-state index in [4.69, 9.17) is 37.9 Å². The summed E-state index contributed by atoms with van der Waals surface area (Å²) in [5.41, 5.74) is -0.470. The third-order valence-electron chi connectivity index (χ3n) is 4.46. The summed E-state index contributed by atoms with van der Waals surface area (Å²) in [7, 11) is 0. The summed E-state index contributed by atoms with van der Waals surface area (Å²) in [5.74, 6) is -0.419. The number of unbranched alkanes of at least 4 members (excludes halogenated alkanes) is 3. The van der Waals surface area contributed by atoms with E-state index in [1.165, 1.54) is 0 Å². The van der Waals surface area contributed by atoms with E-state index in [2.05, 4.69) is 6.92 Å². The maximum atomic E-state index is 11.5. The van der Waals surface area contributed by atoms with Crippen molar-refractivity contribution in [3.63, 3.8) is 0 Å². The van der Waals surface area contributed by atoms with Crippen LogP contribution >= 0.6 is 0 Å². The van der Waals surface area contributed by atoms with Crippen LogP contribution in [0.15, 0.2) is 0 Å². The Morgan fingerprint density at radius 2 is 0.917 bits per heavy atom. The second kappa shape index (κ2) is 25.4. The Kier molecular flexibility index (Phi) is 24.4. The molecule has 0 saturated heterocycles. The number of carbonyl (C=O) groups excluding carboxylic acids is 2. The van der Waals surface area contributed by atoms with Crippen molar-refractivity contribution in [3.05, 3.63) is 0 Å². The van der Waals surface area contributed by atoms with Crippen molar-refractivity contribution in [3.8, 4) is 0 Å². The minimum absolute atomic E-state index is 0.155. The summed E-state index contributed by atoms with van der Waals surface area (Å²) in [4.78, 5) is 23.0. The quantitative estimate of drug-likeness (QED) is 0.124. The van der Waals surface area contributed by atoms with Crippen LogP contribution in [-0.2, 0) is 47.5 Å². The summed E-state index contributed by atoms with van der Waals surface area (Å²) in [6, 6.07) is 0. The van der Waals surface area contributed by atoms with Gasteiger partial charge in [0.25, 0.3) is 0 Å². The number of ether oxygens (including phenoxy) is 8. The van der Waals surface area contributed by atoms with Crippen molar-refractivity contribution >= 4 is 11.9 Å². The molecule has 0 rings (SSSR count). The fourth-order valence-corrected chi connectivity index (χ4v) is 2.73. The predicted molar refractivity (Wildman–Crippen MR) is 135 cm³/mol. The van der Waals surface area contributed by atoms with Crippen LogP contribution in [0.3, 0.4) is 0 Å². The van der Waals surface area contributed by atoms with Gasteiger partial charge < -0.3 is 37.9 Å². The molecule has 0 aliphatic rings. The van der Waals surface area contributed by atoms with Gasteiger partial charge in [-0.25, -0.2) is 0 Å². The lowest BCUT2D eigenvalue weighted by Crippen LogP contribution is -2.24. The molecule has 0 aromatic carbocycles. The zero-order chi connectivity index (χ0) is 26.7. The first kappa shape index (κ1) is 34.7. The minimum atomic E-state index is -0.470. The van der Waals surface area contributed by atoms with Crippen LogP contribution < -0.4 is 0 Å².